The Labute approximate surface area is 78.6 Å². The third kappa shape index (κ3) is 1.70. The molecule has 2 saturated carbocycles. The van der Waals surface area contributed by atoms with Gasteiger partial charge in [0.1, 0.15) is 6.04 Å². The second-order valence-corrected chi connectivity index (χ2v) is 4.36. The molecule has 2 N–H and O–H groups in total. The van der Waals surface area contributed by atoms with Crippen molar-refractivity contribution in [2.75, 3.05) is 6.61 Å². The van der Waals surface area contributed by atoms with Crippen LogP contribution in [0, 0.1) is 11.3 Å². The van der Waals surface area contributed by atoms with Gasteiger partial charge in [0.25, 0.3) is 0 Å². The molecule has 3 nitrogen and oxygen atoms in total. The lowest BCUT2D eigenvalue weighted by atomic mass is 10.1. The van der Waals surface area contributed by atoms with Crippen LogP contribution in [0.2, 0.25) is 0 Å². The molecule has 0 saturated heterocycles. The number of carbonyl (C=O) groups excluding carboxylic acids is 1. The van der Waals surface area contributed by atoms with E-state index in [1.165, 1.54) is 19.3 Å². The molecule has 2 fully saturated rings. The van der Waals surface area contributed by atoms with Gasteiger partial charge in [-0.3, -0.25) is 4.79 Å². The van der Waals surface area contributed by atoms with Crippen LogP contribution in [-0.2, 0) is 9.53 Å². The summed E-state index contributed by atoms with van der Waals surface area (Å²) in [7, 11) is 0. The summed E-state index contributed by atoms with van der Waals surface area (Å²) >= 11 is 0. The molecule has 1 spiro atoms. The molecule has 2 aliphatic carbocycles. The molecule has 0 amide bonds. The Hall–Kier alpha value is -0.570. The fourth-order valence-corrected chi connectivity index (χ4v) is 2.19. The number of ether oxygens (including phenoxy) is 1. The van der Waals surface area contributed by atoms with E-state index in [2.05, 4.69) is 0 Å². The zero-order chi connectivity index (χ0) is 9.47. The Bertz CT molecular complexity index is 223. The van der Waals surface area contributed by atoms with E-state index < -0.39 is 0 Å². The van der Waals surface area contributed by atoms with E-state index in [0.717, 1.165) is 6.42 Å². The summed E-state index contributed by atoms with van der Waals surface area (Å²) in [4.78, 5) is 11.2. The van der Waals surface area contributed by atoms with Crippen molar-refractivity contribution < 1.29 is 9.53 Å². The lowest BCUT2D eigenvalue weighted by molar-refractivity contribution is -0.144. The minimum atomic E-state index is -0.384. The highest BCUT2D eigenvalue weighted by atomic mass is 16.5. The van der Waals surface area contributed by atoms with Crippen LogP contribution < -0.4 is 5.73 Å². The van der Waals surface area contributed by atoms with E-state index in [4.69, 9.17) is 10.5 Å². The Kier molecular flexibility index (Phi) is 2.06. The van der Waals surface area contributed by atoms with Gasteiger partial charge in [-0.2, -0.15) is 0 Å². The molecule has 3 heteroatoms. The van der Waals surface area contributed by atoms with Gasteiger partial charge in [0.2, 0.25) is 0 Å². The van der Waals surface area contributed by atoms with Gasteiger partial charge in [-0.1, -0.05) is 0 Å². The van der Waals surface area contributed by atoms with E-state index in [0.29, 0.717) is 17.9 Å². The molecule has 2 aliphatic rings. The zero-order valence-corrected chi connectivity index (χ0v) is 8.08. The molecule has 13 heavy (non-hydrogen) atoms. The van der Waals surface area contributed by atoms with Gasteiger partial charge in [-0.05, 0) is 43.9 Å². The van der Waals surface area contributed by atoms with Crippen LogP contribution in [0.4, 0.5) is 0 Å². The number of rotatable bonds is 4. The van der Waals surface area contributed by atoms with Crippen molar-refractivity contribution in [3.05, 3.63) is 0 Å². The molecule has 0 aliphatic heterocycles. The Morgan fingerprint density at radius 2 is 2.38 bits per heavy atom. The van der Waals surface area contributed by atoms with Crippen molar-refractivity contribution in [1.82, 2.24) is 0 Å². The summed E-state index contributed by atoms with van der Waals surface area (Å²) < 4.78 is 4.86. The van der Waals surface area contributed by atoms with Gasteiger partial charge in [-0.15, -0.1) is 0 Å². The van der Waals surface area contributed by atoms with Gasteiger partial charge < -0.3 is 10.5 Å². The maximum atomic E-state index is 11.2. The van der Waals surface area contributed by atoms with Crippen molar-refractivity contribution in [2.24, 2.45) is 17.1 Å². The van der Waals surface area contributed by atoms with Gasteiger partial charge in [-0.25, -0.2) is 0 Å². The fourth-order valence-electron chi connectivity index (χ4n) is 2.19. The lowest BCUT2D eigenvalue weighted by Crippen LogP contribution is -2.32. The number of hydrogen-bond donors (Lipinski definition) is 1. The highest BCUT2D eigenvalue weighted by Crippen LogP contribution is 2.71. The number of esters is 1. The molecule has 0 bridgehead atoms. The number of hydrogen-bond acceptors (Lipinski definition) is 3. The number of carbonyl (C=O) groups is 1. The Balaban J connectivity index is 1.72. The summed E-state index contributed by atoms with van der Waals surface area (Å²) in [5.74, 6) is 0.483. The first-order valence-corrected chi connectivity index (χ1v) is 5.10. The molecule has 2 unspecified atom stereocenters. The summed E-state index contributed by atoms with van der Waals surface area (Å²) in [6.45, 7) is 2.24. The quantitative estimate of drug-likeness (QED) is 0.663. The third-order valence-corrected chi connectivity index (χ3v) is 3.38. The average Bonchev–Trinajstić information content (AvgIpc) is 2.96. The summed E-state index contributed by atoms with van der Waals surface area (Å²) in [5.41, 5.74) is 6.36. The van der Waals surface area contributed by atoms with Crippen LogP contribution in [0.15, 0.2) is 0 Å². The van der Waals surface area contributed by atoms with Crippen molar-refractivity contribution in [1.29, 1.82) is 0 Å². The van der Waals surface area contributed by atoms with E-state index in [1.807, 2.05) is 6.92 Å². The molecule has 0 aromatic heterocycles. The smallest absolute Gasteiger partial charge is 0.322 e. The molecule has 2 atom stereocenters. The first-order valence-electron chi connectivity index (χ1n) is 5.10. The second-order valence-electron chi connectivity index (χ2n) is 4.36. The molecular weight excluding hydrogens is 166 g/mol. The van der Waals surface area contributed by atoms with Crippen molar-refractivity contribution in [3.8, 4) is 0 Å². The van der Waals surface area contributed by atoms with E-state index >= 15 is 0 Å². The van der Waals surface area contributed by atoms with Gasteiger partial charge in [0.15, 0.2) is 0 Å². The molecule has 2 rings (SSSR count). The van der Waals surface area contributed by atoms with E-state index in [9.17, 15) is 4.79 Å². The highest BCUT2D eigenvalue weighted by Gasteiger charge is 2.62. The maximum Gasteiger partial charge on any atom is 0.322 e. The van der Waals surface area contributed by atoms with Gasteiger partial charge in [0.05, 0.1) is 6.61 Å². The van der Waals surface area contributed by atoms with Crippen LogP contribution in [0.5, 0.6) is 0 Å². The minimum absolute atomic E-state index is 0.231. The topological polar surface area (TPSA) is 52.3 Å². The average molecular weight is 183 g/mol. The number of nitrogens with two attached hydrogens (primary N) is 1. The standard InChI is InChI=1S/C10H17NO2/c1-2-13-9(12)8(11)5-7-6-10(7)3-4-10/h7-8H,2-6,11H2,1H3. The van der Waals surface area contributed by atoms with Crippen molar-refractivity contribution in [2.45, 2.75) is 38.6 Å². The first kappa shape index (κ1) is 9.00. The summed E-state index contributed by atoms with van der Waals surface area (Å²) in [6.07, 6.45) is 4.83. The molecule has 0 radical (unpaired) electrons. The molecular formula is C10H17NO2. The van der Waals surface area contributed by atoms with Crippen LogP contribution in [0.3, 0.4) is 0 Å². The molecule has 0 heterocycles. The van der Waals surface area contributed by atoms with E-state index in [1.54, 1.807) is 0 Å². The minimum Gasteiger partial charge on any atom is -0.465 e. The van der Waals surface area contributed by atoms with Crippen molar-refractivity contribution in [3.63, 3.8) is 0 Å². The second kappa shape index (κ2) is 2.98. The van der Waals surface area contributed by atoms with Crippen LogP contribution in [0.25, 0.3) is 0 Å². The molecule has 0 aromatic rings. The Morgan fingerprint density at radius 3 is 2.85 bits per heavy atom. The maximum absolute atomic E-state index is 11.2. The van der Waals surface area contributed by atoms with Crippen LogP contribution >= 0.6 is 0 Å². The monoisotopic (exact) mass is 183 g/mol. The summed E-state index contributed by atoms with van der Waals surface area (Å²) in [5, 5.41) is 0. The lowest BCUT2D eigenvalue weighted by Gasteiger charge is -2.09. The third-order valence-electron chi connectivity index (χ3n) is 3.38. The predicted molar refractivity (Wildman–Crippen MR) is 49.0 cm³/mol. The Morgan fingerprint density at radius 1 is 1.69 bits per heavy atom. The highest BCUT2D eigenvalue weighted by molar-refractivity contribution is 5.75. The predicted octanol–water partition coefficient (Wildman–Crippen LogP) is 1.07. The normalized spacial score (nSPS) is 29.8. The largest absolute Gasteiger partial charge is 0.465 e. The van der Waals surface area contributed by atoms with Gasteiger partial charge in [0, 0.05) is 0 Å². The van der Waals surface area contributed by atoms with E-state index in [-0.39, 0.29) is 12.0 Å². The summed E-state index contributed by atoms with van der Waals surface area (Å²) in [6, 6.07) is -0.384. The fraction of sp³-hybridized carbons (Fsp3) is 0.900. The molecule has 74 valence electrons. The van der Waals surface area contributed by atoms with Crippen LogP contribution in [-0.4, -0.2) is 18.6 Å². The first-order chi connectivity index (χ1) is 6.18. The SMILES string of the molecule is CCOC(=O)C(N)CC1CC12CC2. The van der Waals surface area contributed by atoms with Crippen molar-refractivity contribution >= 4 is 5.97 Å². The van der Waals surface area contributed by atoms with Gasteiger partial charge >= 0.3 is 5.97 Å². The molecule has 0 aromatic carbocycles. The van der Waals surface area contributed by atoms with Crippen LogP contribution in [0.1, 0.15) is 32.6 Å². The zero-order valence-electron chi connectivity index (χ0n) is 8.08.